The second-order valence-electron chi connectivity index (χ2n) is 6.69. The lowest BCUT2D eigenvalue weighted by Crippen LogP contribution is -2.35. The largest absolute Gasteiger partial charge is 0.418 e. The van der Waals surface area contributed by atoms with E-state index in [2.05, 4.69) is 40.4 Å². The van der Waals surface area contributed by atoms with E-state index in [1.807, 2.05) is 0 Å². The van der Waals surface area contributed by atoms with Crippen LogP contribution >= 0.6 is 0 Å². The second-order valence-corrected chi connectivity index (χ2v) is 7.69. The predicted octanol–water partition coefficient (Wildman–Crippen LogP) is -0.143. The molecule has 2 aliphatic heterocycles. The van der Waals surface area contributed by atoms with Crippen LogP contribution in [0.15, 0.2) is 18.3 Å². The van der Waals surface area contributed by atoms with Crippen molar-refractivity contribution < 1.29 is 31.9 Å². The Morgan fingerprint density at radius 2 is 1.97 bits per heavy atom. The van der Waals surface area contributed by atoms with Gasteiger partial charge in [0.2, 0.25) is 0 Å². The third kappa shape index (κ3) is 6.73. The highest BCUT2D eigenvalue weighted by atomic mass is 32.3. The number of urea groups is 1. The Kier molecular flexibility index (Phi) is 8.52. The molecule has 1 fully saturated rings. The van der Waals surface area contributed by atoms with Crippen LogP contribution in [0.5, 0.6) is 0 Å². The molecule has 2 bridgehead atoms. The fraction of sp³-hybridized carbons (Fsp3) is 0.588. The molecule has 3 amide bonds. The van der Waals surface area contributed by atoms with Gasteiger partial charge in [0, 0.05) is 18.8 Å². The quantitative estimate of drug-likeness (QED) is 0.449. The van der Waals surface area contributed by atoms with Crippen LogP contribution in [-0.4, -0.2) is 100 Å². The zero-order valence-corrected chi connectivity index (χ0v) is 18.4. The van der Waals surface area contributed by atoms with E-state index < -0.39 is 35.0 Å². The Bertz CT molecular complexity index is 906. The number of amides is 3. The smallest absolute Gasteiger partial charge is 0.387 e. The molecular formula is C17H28N6O7S. The second kappa shape index (κ2) is 10.7. The molecular weight excluding hydrogens is 432 g/mol. The number of aromatic nitrogens is 2. The van der Waals surface area contributed by atoms with Gasteiger partial charge in [-0.25, -0.2) is 9.48 Å². The number of fused-ring (bicyclic) bond motifs is 2. The van der Waals surface area contributed by atoms with Gasteiger partial charge in [-0.05, 0) is 25.7 Å². The minimum Gasteiger partial charge on any atom is -0.387 e. The number of nitrogens with one attached hydrogen (secondary N) is 1. The average Bonchev–Trinajstić information content (AvgIpc) is 3.27. The standard InChI is InChI=1S/C11H13N5O7S.C6H15N/c17-6-10(18)12-9-1-2-15(13-9)7-3-8-5-14(4-7)11(19)16(8)23-24(20,21)22;1-4-7(5-2)6-3/h1-3,8,17H,4-6H2,(H,12,13,18)(H,20,21,22);4-6H2,1-3H3. The van der Waals surface area contributed by atoms with E-state index >= 15 is 0 Å². The van der Waals surface area contributed by atoms with Crippen LogP contribution in [0.25, 0.3) is 5.70 Å². The molecule has 1 aromatic heterocycles. The van der Waals surface area contributed by atoms with Crippen molar-refractivity contribution in [2.24, 2.45) is 0 Å². The number of aliphatic hydroxyl groups is 1. The first-order valence-electron chi connectivity index (χ1n) is 9.76. The van der Waals surface area contributed by atoms with Gasteiger partial charge in [-0.15, -0.1) is 4.28 Å². The zero-order valence-electron chi connectivity index (χ0n) is 17.6. The Balaban J connectivity index is 0.000000423. The normalized spacial score (nSPS) is 18.1. The fourth-order valence-electron chi connectivity index (χ4n) is 3.12. The molecule has 31 heavy (non-hydrogen) atoms. The molecule has 13 nitrogen and oxygen atoms in total. The lowest BCUT2D eigenvalue weighted by molar-refractivity contribution is -0.118. The van der Waals surface area contributed by atoms with Crippen molar-refractivity contribution in [2.75, 3.05) is 44.6 Å². The zero-order chi connectivity index (χ0) is 23.2. The van der Waals surface area contributed by atoms with Gasteiger partial charge >= 0.3 is 16.4 Å². The van der Waals surface area contributed by atoms with Gasteiger partial charge in [0.05, 0.1) is 12.2 Å². The van der Waals surface area contributed by atoms with Crippen LogP contribution in [0.4, 0.5) is 10.6 Å². The maximum absolute atomic E-state index is 12.0. The molecule has 3 rings (SSSR count). The van der Waals surface area contributed by atoms with Crippen LogP contribution in [0.3, 0.4) is 0 Å². The number of aliphatic hydroxyl groups excluding tert-OH is 1. The minimum absolute atomic E-state index is 0.135. The highest BCUT2D eigenvalue weighted by Gasteiger charge is 2.43. The number of rotatable bonds is 8. The Labute approximate surface area is 180 Å². The molecule has 0 radical (unpaired) electrons. The summed E-state index contributed by atoms with van der Waals surface area (Å²) in [5.41, 5.74) is 0.547. The summed E-state index contributed by atoms with van der Waals surface area (Å²) >= 11 is 0. The van der Waals surface area contributed by atoms with Gasteiger partial charge in [-0.2, -0.15) is 18.6 Å². The van der Waals surface area contributed by atoms with Crippen molar-refractivity contribution >= 4 is 33.9 Å². The third-order valence-corrected chi connectivity index (χ3v) is 5.06. The molecule has 2 aliphatic rings. The van der Waals surface area contributed by atoms with Crippen LogP contribution < -0.4 is 5.32 Å². The summed E-state index contributed by atoms with van der Waals surface area (Å²) in [6, 6.07) is 0.0711. The first kappa shape index (κ1) is 24.7. The first-order valence-corrected chi connectivity index (χ1v) is 11.1. The molecule has 1 unspecified atom stereocenters. The molecule has 0 aliphatic carbocycles. The Morgan fingerprint density at radius 3 is 2.48 bits per heavy atom. The van der Waals surface area contributed by atoms with Crippen LogP contribution in [0.2, 0.25) is 0 Å². The van der Waals surface area contributed by atoms with Crippen molar-refractivity contribution in [2.45, 2.75) is 26.8 Å². The summed E-state index contributed by atoms with van der Waals surface area (Å²) < 4.78 is 36.1. The van der Waals surface area contributed by atoms with E-state index in [1.54, 1.807) is 6.08 Å². The SMILES string of the molecule is CCN(CC)CC.O=C(CO)Nc1ccn(C2=CC3CN(C2)C(=O)N3OS(=O)(=O)O)n1. The van der Waals surface area contributed by atoms with E-state index in [0.29, 0.717) is 10.8 Å². The first-order chi connectivity index (χ1) is 14.6. The summed E-state index contributed by atoms with van der Waals surface area (Å²) in [7, 11) is -4.82. The number of hydrogen-bond acceptors (Lipinski definition) is 8. The van der Waals surface area contributed by atoms with Crippen molar-refractivity contribution in [3.05, 3.63) is 18.3 Å². The van der Waals surface area contributed by atoms with Gasteiger partial charge in [-0.1, -0.05) is 20.8 Å². The summed E-state index contributed by atoms with van der Waals surface area (Å²) in [6.07, 6.45) is 3.10. The lowest BCUT2D eigenvalue weighted by atomic mass is 10.2. The van der Waals surface area contributed by atoms with Crippen LogP contribution in [-0.2, 0) is 19.5 Å². The number of carbonyl (C=O) groups is 2. The van der Waals surface area contributed by atoms with Crippen molar-refractivity contribution in [1.82, 2.24) is 24.6 Å². The molecule has 3 N–H and O–H groups in total. The van der Waals surface area contributed by atoms with E-state index in [4.69, 9.17) is 9.66 Å². The lowest BCUT2D eigenvalue weighted by Gasteiger charge is -2.20. The van der Waals surface area contributed by atoms with Crippen molar-refractivity contribution in [1.29, 1.82) is 0 Å². The highest BCUT2D eigenvalue weighted by Crippen LogP contribution is 2.27. The van der Waals surface area contributed by atoms with E-state index in [0.717, 1.165) is 0 Å². The number of nitrogens with zero attached hydrogens (tertiary/aromatic N) is 5. The maximum atomic E-state index is 12.0. The Hall–Kier alpha value is -2.52. The summed E-state index contributed by atoms with van der Waals surface area (Å²) in [5, 5.41) is 15.7. The molecule has 14 heteroatoms. The molecule has 174 valence electrons. The minimum atomic E-state index is -4.82. The molecule has 3 heterocycles. The monoisotopic (exact) mass is 460 g/mol. The topological polar surface area (TPSA) is 158 Å². The molecule has 0 saturated carbocycles. The van der Waals surface area contributed by atoms with E-state index in [1.165, 1.54) is 41.5 Å². The Morgan fingerprint density at radius 1 is 1.32 bits per heavy atom. The summed E-state index contributed by atoms with van der Waals surface area (Å²) in [6.45, 7) is 9.78. The summed E-state index contributed by atoms with van der Waals surface area (Å²) in [5.74, 6) is -0.412. The van der Waals surface area contributed by atoms with Crippen molar-refractivity contribution in [3.63, 3.8) is 0 Å². The molecule has 0 aromatic carbocycles. The number of carbonyl (C=O) groups excluding carboxylic acids is 2. The third-order valence-electron chi connectivity index (χ3n) is 4.72. The van der Waals surface area contributed by atoms with E-state index in [-0.39, 0.29) is 18.9 Å². The molecule has 1 aromatic rings. The number of anilines is 1. The molecule has 1 saturated heterocycles. The van der Waals surface area contributed by atoms with Gasteiger partial charge < -0.3 is 20.2 Å². The van der Waals surface area contributed by atoms with Gasteiger partial charge in [-0.3, -0.25) is 9.35 Å². The highest BCUT2D eigenvalue weighted by molar-refractivity contribution is 7.80. The summed E-state index contributed by atoms with van der Waals surface area (Å²) in [4.78, 5) is 26.8. The fourth-order valence-corrected chi connectivity index (χ4v) is 3.50. The average molecular weight is 461 g/mol. The van der Waals surface area contributed by atoms with Crippen molar-refractivity contribution in [3.8, 4) is 0 Å². The molecule has 1 atom stereocenters. The van der Waals surface area contributed by atoms with Gasteiger partial charge in [0.1, 0.15) is 12.6 Å². The number of hydroxylamine groups is 2. The van der Waals surface area contributed by atoms with Gasteiger partial charge in [0.15, 0.2) is 5.82 Å². The van der Waals surface area contributed by atoms with Crippen LogP contribution in [0, 0.1) is 0 Å². The number of hydrogen-bond donors (Lipinski definition) is 3. The molecule has 0 spiro atoms. The van der Waals surface area contributed by atoms with Crippen LogP contribution in [0.1, 0.15) is 20.8 Å². The maximum Gasteiger partial charge on any atom is 0.418 e. The van der Waals surface area contributed by atoms with Gasteiger partial charge in [0.25, 0.3) is 5.91 Å². The predicted molar refractivity (Wildman–Crippen MR) is 111 cm³/mol. The van der Waals surface area contributed by atoms with E-state index in [9.17, 15) is 18.0 Å².